The van der Waals surface area contributed by atoms with E-state index in [1.54, 1.807) is 44.2 Å². The summed E-state index contributed by atoms with van der Waals surface area (Å²) < 4.78 is 5.41. The maximum absolute atomic E-state index is 12.5. The van der Waals surface area contributed by atoms with E-state index in [-0.39, 0.29) is 22.7 Å². The molecule has 0 fully saturated rings. The minimum absolute atomic E-state index is 0.112. The fourth-order valence-corrected chi connectivity index (χ4v) is 3.02. The summed E-state index contributed by atoms with van der Waals surface area (Å²) in [6.07, 6.45) is 0. The molecule has 0 heterocycles. The van der Waals surface area contributed by atoms with E-state index in [2.05, 4.69) is 15.8 Å². The van der Waals surface area contributed by atoms with E-state index in [0.717, 1.165) is 5.56 Å². The van der Waals surface area contributed by atoms with Gasteiger partial charge in [-0.25, -0.2) is 10.2 Å². The lowest BCUT2D eigenvalue weighted by Gasteiger charge is -2.10. The first kappa shape index (κ1) is 25.1. The molecule has 11 heteroatoms. The molecule has 0 unspecified atom stereocenters. The Morgan fingerprint density at radius 1 is 1.00 bits per heavy atom. The third-order valence-corrected chi connectivity index (χ3v) is 5.16. The number of hydrogen-bond donors (Lipinski definition) is 2. The Morgan fingerprint density at radius 3 is 2.34 bits per heavy atom. The molecule has 2 amide bonds. The van der Waals surface area contributed by atoms with Gasteiger partial charge in [-0.3, -0.25) is 19.7 Å². The number of carbonyl (C=O) groups is 3. The second-order valence-corrected chi connectivity index (χ2v) is 7.65. The zero-order valence-electron chi connectivity index (χ0n) is 18.6. The molecule has 2 N–H and O–H groups in total. The lowest BCUT2D eigenvalue weighted by atomic mass is 10.1. The highest BCUT2D eigenvalue weighted by atomic mass is 35.5. The van der Waals surface area contributed by atoms with Crippen LogP contribution in [0.25, 0.3) is 0 Å². The molecule has 3 aromatic carbocycles. The molecule has 0 spiro atoms. The van der Waals surface area contributed by atoms with Gasteiger partial charge in [0.15, 0.2) is 0 Å². The van der Waals surface area contributed by atoms with Gasteiger partial charge in [-0.2, -0.15) is 5.10 Å². The normalized spacial score (nSPS) is 10.9. The van der Waals surface area contributed by atoms with E-state index in [1.165, 1.54) is 36.4 Å². The Morgan fingerprint density at radius 2 is 1.69 bits per heavy atom. The molecule has 10 nitrogen and oxygen atoms in total. The highest BCUT2D eigenvalue weighted by Crippen LogP contribution is 2.22. The zero-order valence-corrected chi connectivity index (χ0v) is 19.3. The Hall–Kier alpha value is -4.57. The first-order chi connectivity index (χ1) is 16.7. The third-order valence-electron chi connectivity index (χ3n) is 4.75. The SMILES string of the molecule is C/C(=N\NC(=O)C(=O)Nc1ccc(C)c(Cl)c1)c1ccccc1OC(=O)c1ccc([N+](=O)[O-])cc1. The van der Waals surface area contributed by atoms with E-state index in [9.17, 15) is 24.5 Å². The van der Waals surface area contributed by atoms with Crippen molar-refractivity contribution >= 4 is 46.5 Å². The smallest absolute Gasteiger partial charge is 0.343 e. The second-order valence-electron chi connectivity index (χ2n) is 7.25. The van der Waals surface area contributed by atoms with E-state index in [1.807, 2.05) is 0 Å². The summed E-state index contributed by atoms with van der Waals surface area (Å²) in [6.45, 7) is 3.36. The lowest BCUT2D eigenvalue weighted by Crippen LogP contribution is -2.33. The fraction of sp³-hybridized carbons (Fsp3) is 0.0833. The van der Waals surface area contributed by atoms with Crippen molar-refractivity contribution in [2.75, 3.05) is 5.32 Å². The van der Waals surface area contributed by atoms with E-state index in [0.29, 0.717) is 16.3 Å². The van der Waals surface area contributed by atoms with Gasteiger partial charge >= 0.3 is 17.8 Å². The number of nitrogens with one attached hydrogen (secondary N) is 2. The largest absolute Gasteiger partial charge is 0.422 e. The molecule has 3 rings (SSSR count). The number of para-hydroxylation sites is 1. The number of halogens is 1. The quantitative estimate of drug-likeness (QED) is 0.131. The Labute approximate surface area is 204 Å². The molecule has 0 atom stereocenters. The highest BCUT2D eigenvalue weighted by Gasteiger charge is 2.17. The molecular weight excluding hydrogens is 476 g/mol. The van der Waals surface area contributed by atoms with Crippen LogP contribution in [0, 0.1) is 17.0 Å². The number of non-ortho nitro benzene ring substituents is 1. The first-order valence-electron chi connectivity index (χ1n) is 10.1. The third kappa shape index (κ3) is 6.49. The molecule has 0 saturated carbocycles. The summed E-state index contributed by atoms with van der Waals surface area (Å²) in [5.41, 5.74) is 3.93. The van der Waals surface area contributed by atoms with E-state index < -0.39 is 22.7 Å². The van der Waals surface area contributed by atoms with Crippen LogP contribution in [0.3, 0.4) is 0 Å². The van der Waals surface area contributed by atoms with E-state index >= 15 is 0 Å². The minimum atomic E-state index is -1.01. The monoisotopic (exact) mass is 494 g/mol. The number of amides is 2. The molecule has 0 radical (unpaired) electrons. The Balaban J connectivity index is 1.68. The molecule has 0 aromatic heterocycles. The first-order valence-corrected chi connectivity index (χ1v) is 10.5. The molecule has 3 aromatic rings. The van der Waals surface area contributed by atoms with Crippen molar-refractivity contribution in [1.29, 1.82) is 0 Å². The molecule has 35 heavy (non-hydrogen) atoms. The van der Waals surface area contributed by atoms with Gasteiger partial charge in [0.05, 0.1) is 16.2 Å². The van der Waals surface area contributed by atoms with Crippen LogP contribution in [0.4, 0.5) is 11.4 Å². The Bertz CT molecular complexity index is 1340. The summed E-state index contributed by atoms with van der Waals surface area (Å²) in [5, 5.41) is 17.6. The van der Waals surface area contributed by atoms with Crippen LogP contribution in [0.15, 0.2) is 71.8 Å². The lowest BCUT2D eigenvalue weighted by molar-refractivity contribution is -0.384. The number of anilines is 1. The fourth-order valence-electron chi connectivity index (χ4n) is 2.84. The van der Waals surface area contributed by atoms with Gasteiger partial charge in [0, 0.05) is 28.4 Å². The summed E-state index contributed by atoms with van der Waals surface area (Å²) in [7, 11) is 0. The summed E-state index contributed by atoms with van der Waals surface area (Å²) in [4.78, 5) is 47.0. The molecule has 0 bridgehead atoms. The maximum Gasteiger partial charge on any atom is 0.343 e. The summed E-state index contributed by atoms with van der Waals surface area (Å²) in [5.74, 6) is -2.55. The van der Waals surface area contributed by atoms with Crippen molar-refractivity contribution in [1.82, 2.24) is 5.43 Å². The number of esters is 1. The predicted molar refractivity (Wildman–Crippen MR) is 130 cm³/mol. The van der Waals surface area contributed by atoms with Gasteiger partial charge in [-0.05, 0) is 55.8 Å². The van der Waals surface area contributed by atoms with Gasteiger partial charge < -0.3 is 10.1 Å². The summed E-state index contributed by atoms with van der Waals surface area (Å²) in [6, 6.07) is 16.2. The summed E-state index contributed by atoms with van der Waals surface area (Å²) >= 11 is 6.02. The predicted octanol–water partition coefficient (Wildman–Crippen LogP) is 4.25. The molecule has 0 aliphatic heterocycles. The van der Waals surface area contributed by atoms with Crippen molar-refractivity contribution in [3.8, 4) is 5.75 Å². The topological polar surface area (TPSA) is 140 Å². The number of nitro groups is 1. The van der Waals surface area contributed by atoms with Crippen LogP contribution >= 0.6 is 11.6 Å². The average molecular weight is 495 g/mol. The minimum Gasteiger partial charge on any atom is -0.422 e. The van der Waals surface area contributed by atoms with Gasteiger partial charge in [0.1, 0.15) is 5.75 Å². The molecule has 0 aliphatic rings. The molecule has 178 valence electrons. The van der Waals surface area contributed by atoms with E-state index in [4.69, 9.17) is 16.3 Å². The molecule has 0 aliphatic carbocycles. The number of hydrazone groups is 1. The van der Waals surface area contributed by atoms with Crippen molar-refractivity contribution in [3.63, 3.8) is 0 Å². The van der Waals surface area contributed by atoms with Gasteiger partial charge in [-0.15, -0.1) is 0 Å². The average Bonchev–Trinajstić information content (AvgIpc) is 2.84. The number of rotatable bonds is 6. The van der Waals surface area contributed by atoms with Gasteiger partial charge in [0.2, 0.25) is 0 Å². The van der Waals surface area contributed by atoms with Crippen LogP contribution in [0.5, 0.6) is 5.75 Å². The molecular formula is C24H19ClN4O6. The number of nitrogens with zero attached hydrogens (tertiary/aromatic N) is 2. The number of hydrogen-bond acceptors (Lipinski definition) is 7. The Kier molecular flexibility index (Phi) is 7.90. The number of carbonyl (C=O) groups excluding carboxylic acids is 3. The highest BCUT2D eigenvalue weighted by molar-refractivity contribution is 6.40. The van der Waals surface area contributed by atoms with Gasteiger partial charge in [-0.1, -0.05) is 29.8 Å². The van der Waals surface area contributed by atoms with Crippen LogP contribution < -0.4 is 15.5 Å². The van der Waals surface area contributed by atoms with Crippen LogP contribution in [0.2, 0.25) is 5.02 Å². The van der Waals surface area contributed by atoms with Crippen LogP contribution in [-0.2, 0) is 9.59 Å². The standard InChI is InChI=1S/C24H19ClN4O6/c1-14-7-10-17(13-20(14)25)26-22(30)23(31)28-27-15(2)19-5-3-4-6-21(19)35-24(32)16-8-11-18(12-9-16)29(33)34/h3-13H,1-2H3,(H,26,30)(H,28,31)/b27-15+. The van der Waals surface area contributed by atoms with Crippen LogP contribution in [0.1, 0.15) is 28.4 Å². The second kappa shape index (κ2) is 11.0. The van der Waals surface area contributed by atoms with Crippen molar-refractivity contribution in [3.05, 3.63) is 98.6 Å². The number of aryl methyl sites for hydroxylation is 1. The zero-order chi connectivity index (χ0) is 25.5. The number of ether oxygens (including phenoxy) is 1. The van der Waals surface area contributed by atoms with Crippen molar-refractivity contribution in [2.45, 2.75) is 13.8 Å². The molecule has 0 saturated heterocycles. The van der Waals surface area contributed by atoms with Crippen molar-refractivity contribution < 1.29 is 24.0 Å². The van der Waals surface area contributed by atoms with Gasteiger partial charge in [0.25, 0.3) is 5.69 Å². The van der Waals surface area contributed by atoms with Crippen LogP contribution in [-0.4, -0.2) is 28.4 Å². The number of nitro benzene ring substituents is 1. The van der Waals surface area contributed by atoms with Crippen molar-refractivity contribution in [2.24, 2.45) is 5.10 Å². The number of benzene rings is 3. The maximum atomic E-state index is 12.5.